The maximum absolute atomic E-state index is 13.6. The molecule has 0 radical (unpaired) electrons. The van der Waals surface area contributed by atoms with Crippen LogP contribution in [0.2, 0.25) is 0 Å². The van der Waals surface area contributed by atoms with Crippen LogP contribution in [0.5, 0.6) is 0 Å². The molecular weight excluding hydrogens is 318 g/mol. The number of rotatable bonds is 2. The molecule has 0 N–H and O–H groups in total. The van der Waals surface area contributed by atoms with E-state index in [4.69, 9.17) is 0 Å². The van der Waals surface area contributed by atoms with E-state index in [1.54, 1.807) is 0 Å². The van der Waals surface area contributed by atoms with Gasteiger partial charge in [-0.2, -0.15) is 0 Å². The van der Waals surface area contributed by atoms with Crippen molar-refractivity contribution >= 4 is 16.6 Å². The van der Waals surface area contributed by atoms with Gasteiger partial charge in [0.15, 0.2) is 0 Å². The molecule has 1 unspecified atom stereocenters. The number of para-hydroxylation sites is 1. The summed E-state index contributed by atoms with van der Waals surface area (Å²) >= 11 is 0. The van der Waals surface area contributed by atoms with Crippen LogP contribution in [0.1, 0.15) is 29.4 Å². The zero-order valence-electron chi connectivity index (χ0n) is 13.3. The average molecular weight is 335 g/mol. The zero-order chi connectivity index (χ0) is 16.7. The van der Waals surface area contributed by atoms with Gasteiger partial charge in [-0.3, -0.25) is 9.00 Å². The minimum absolute atomic E-state index is 0.0873. The minimum atomic E-state index is -1.49. The lowest BCUT2D eigenvalue weighted by Gasteiger charge is -2.29. The summed E-state index contributed by atoms with van der Waals surface area (Å²) in [4.78, 5) is 14.2. The van der Waals surface area contributed by atoms with Crippen molar-refractivity contribution in [3.8, 4) is 5.69 Å². The molecule has 24 heavy (non-hydrogen) atoms. The highest BCUT2D eigenvalue weighted by atomic mass is 32.2. The maximum Gasteiger partial charge on any atom is 0.202 e. The Balaban J connectivity index is 2.10. The molecule has 1 aliphatic rings. The van der Waals surface area contributed by atoms with Crippen molar-refractivity contribution in [3.05, 3.63) is 84.2 Å². The SMILES string of the molecule is CC[C@]1(c2ccccc2)C(=O)c2cccn2-c2ccccc2S1=O. The van der Waals surface area contributed by atoms with Crippen molar-refractivity contribution in [3.63, 3.8) is 0 Å². The Morgan fingerprint density at radius 2 is 1.67 bits per heavy atom. The molecule has 2 atom stereocenters. The van der Waals surface area contributed by atoms with Crippen LogP contribution in [0, 0.1) is 0 Å². The summed E-state index contributed by atoms with van der Waals surface area (Å²) in [5.41, 5.74) is 2.20. The molecule has 120 valence electrons. The molecule has 2 heterocycles. The van der Waals surface area contributed by atoms with E-state index in [9.17, 15) is 9.00 Å². The van der Waals surface area contributed by atoms with Crippen molar-refractivity contribution in [1.29, 1.82) is 0 Å². The fourth-order valence-corrected chi connectivity index (χ4v) is 5.33. The molecule has 0 aliphatic carbocycles. The molecule has 3 aromatic rings. The van der Waals surface area contributed by atoms with Gasteiger partial charge in [-0.15, -0.1) is 0 Å². The van der Waals surface area contributed by atoms with E-state index in [2.05, 4.69) is 0 Å². The summed E-state index contributed by atoms with van der Waals surface area (Å²) in [6.45, 7) is 1.93. The maximum atomic E-state index is 13.6. The van der Waals surface area contributed by atoms with Crippen LogP contribution >= 0.6 is 0 Å². The van der Waals surface area contributed by atoms with Gasteiger partial charge in [0, 0.05) is 6.20 Å². The molecule has 1 aliphatic heterocycles. The number of hydrogen-bond donors (Lipinski definition) is 0. The number of carbonyl (C=O) groups is 1. The Hall–Kier alpha value is -2.46. The molecule has 1 aromatic heterocycles. The second kappa shape index (κ2) is 5.56. The average Bonchev–Trinajstić information content (AvgIpc) is 3.10. The van der Waals surface area contributed by atoms with Crippen molar-refractivity contribution in [2.45, 2.75) is 23.0 Å². The van der Waals surface area contributed by atoms with E-state index in [-0.39, 0.29) is 5.78 Å². The molecule has 4 rings (SSSR count). The molecule has 2 aromatic carbocycles. The summed E-state index contributed by atoms with van der Waals surface area (Å²) in [6.07, 6.45) is 2.34. The fraction of sp³-hybridized carbons (Fsp3) is 0.150. The smallest absolute Gasteiger partial charge is 0.202 e. The van der Waals surface area contributed by atoms with Crippen LogP contribution in [0.4, 0.5) is 0 Å². The highest BCUT2D eigenvalue weighted by Crippen LogP contribution is 2.43. The van der Waals surface area contributed by atoms with E-state index in [1.807, 2.05) is 84.4 Å². The van der Waals surface area contributed by atoms with Crippen LogP contribution in [-0.4, -0.2) is 14.6 Å². The second-order valence-electron chi connectivity index (χ2n) is 5.88. The summed E-state index contributed by atoms with van der Waals surface area (Å²) in [5.74, 6) is -0.0873. The van der Waals surface area contributed by atoms with Gasteiger partial charge in [-0.25, -0.2) is 0 Å². The van der Waals surface area contributed by atoms with Gasteiger partial charge in [0.05, 0.1) is 27.1 Å². The van der Waals surface area contributed by atoms with E-state index in [0.29, 0.717) is 17.0 Å². The highest BCUT2D eigenvalue weighted by Gasteiger charge is 2.48. The van der Waals surface area contributed by atoms with Gasteiger partial charge in [-0.05, 0) is 36.2 Å². The number of aromatic nitrogens is 1. The van der Waals surface area contributed by atoms with E-state index < -0.39 is 15.5 Å². The molecule has 0 fully saturated rings. The van der Waals surface area contributed by atoms with Gasteiger partial charge in [-0.1, -0.05) is 49.4 Å². The van der Waals surface area contributed by atoms with E-state index >= 15 is 0 Å². The van der Waals surface area contributed by atoms with Crippen LogP contribution < -0.4 is 0 Å². The summed E-state index contributed by atoms with van der Waals surface area (Å²) in [6, 6.07) is 20.8. The third-order valence-electron chi connectivity index (χ3n) is 4.73. The Bertz CT molecular complexity index is 945. The number of ketones is 1. The number of fused-ring (bicyclic) bond motifs is 3. The Kier molecular flexibility index (Phi) is 3.50. The lowest BCUT2D eigenvalue weighted by molar-refractivity contribution is 0.0930. The van der Waals surface area contributed by atoms with Crippen LogP contribution in [0.15, 0.2) is 77.8 Å². The zero-order valence-corrected chi connectivity index (χ0v) is 14.1. The third kappa shape index (κ3) is 1.89. The molecular formula is C20H17NO2S. The van der Waals surface area contributed by atoms with Gasteiger partial charge in [0.2, 0.25) is 5.78 Å². The molecule has 3 nitrogen and oxygen atoms in total. The lowest BCUT2D eigenvalue weighted by atomic mass is 9.89. The number of hydrogen-bond acceptors (Lipinski definition) is 2. The predicted molar refractivity (Wildman–Crippen MR) is 94.9 cm³/mol. The van der Waals surface area contributed by atoms with Crippen LogP contribution in [0.25, 0.3) is 5.69 Å². The van der Waals surface area contributed by atoms with E-state index in [0.717, 1.165) is 11.3 Å². The van der Waals surface area contributed by atoms with E-state index in [1.165, 1.54) is 0 Å². The van der Waals surface area contributed by atoms with Crippen LogP contribution in [-0.2, 0) is 15.5 Å². The standard InChI is InChI=1S/C20H17NO2S/c1-2-20(15-9-4-3-5-10-15)19(22)17-12-8-14-21(17)16-11-6-7-13-18(16)24(20)23/h3-14H,2H2,1H3/t20-,24?/m0/s1. The number of carbonyl (C=O) groups excluding carboxylic acids is 1. The number of nitrogens with zero attached hydrogens (tertiary/aromatic N) is 1. The summed E-state index contributed by atoms with van der Waals surface area (Å²) < 4.78 is 14.4. The third-order valence-corrected chi connectivity index (χ3v) is 6.81. The monoisotopic (exact) mass is 335 g/mol. The first-order valence-corrected chi connectivity index (χ1v) is 9.14. The van der Waals surface area contributed by atoms with Crippen molar-refractivity contribution in [2.24, 2.45) is 0 Å². The summed E-state index contributed by atoms with van der Waals surface area (Å²) in [7, 11) is -1.49. The van der Waals surface area contributed by atoms with Crippen molar-refractivity contribution < 1.29 is 9.00 Å². The molecule has 0 amide bonds. The quantitative estimate of drug-likeness (QED) is 0.708. The molecule has 0 bridgehead atoms. The van der Waals surface area contributed by atoms with Crippen molar-refractivity contribution in [2.75, 3.05) is 0 Å². The van der Waals surface area contributed by atoms with Crippen molar-refractivity contribution in [1.82, 2.24) is 4.57 Å². The van der Waals surface area contributed by atoms with Crippen LogP contribution in [0.3, 0.4) is 0 Å². The number of Topliss-reactive ketones (excluding diaryl/α,β-unsaturated/α-hetero) is 1. The first-order valence-electron chi connectivity index (χ1n) is 7.99. The second-order valence-corrected chi connectivity index (χ2v) is 7.55. The molecule has 0 saturated heterocycles. The normalized spacial score (nSPS) is 22.5. The largest absolute Gasteiger partial charge is 0.313 e. The first-order chi connectivity index (χ1) is 11.7. The molecule has 4 heteroatoms. The molecule has 0 spiro atoms. The fourth-order valence-electron chi connectivity index (χ4n) is 3.51. The van der Waals surface area contributed by atoms with Gasteiger partial charge >= 0.3 is 0 Å². The van der Waals surface area contributed by atoms with Gasteiger partial charge in [0.25, 0.3) is 0 Å². The Morgan fingerprint density at radius 1 is 0.958 bits per heavy atom. The lowest BCUT2D eigenvalue weighted by Crippen LogP contribution is -2.39. The predicted octanol–water partition coefficient (Wildman–Crippen LogP) is 4.09. The Morgan fingerprint density at radius 3 is 2.42 bits per heavy atom. The minimum Gasteiger partial charge on any atom is -0.313 e. The summed E-state index contributed by atoms with van der Waals surface area (Å²) in [5, 5.41) is 0. The van der Waals surface area contributed by atoms with Gasteiger partial charge in [0.1, 0.15) is 4.75 Å². The van der Waals surface area contributed by atoms with Gasteiger partial charge < -0.3 is 4.57 Å². The first kappa shape index (κ1) is 15.1. The number of benzene rings is 2. The Labute approximate surface area is 143 Å². The topological polar surface area (TPSA) is 39.1 Å². The molecule has 0 saturated carbocycles. The highest BCUT2D eigenvalue weighted by molar-refractivity contribution is 7.87.